The molecule has 0 saturated carbocycles. The second kappa shape index (κ2) is 5.97. The Kier molecular flexibility index (Phi) is 5.71. The molecule has 0 aromatic rings. The minimum Gasteiger partial charge on any atom is -0.466 e. The molecule has 0 aliphatic heterocycles. The molecule has 0 aromatic carbocycles. The normalized spacial score (nSPS) is 11.0. The molecule has 0 unspecified atom stereocenters. The third-order valence-corrected chi connectivity index (χ3v) is 7.32. The van der Waals surface area contributed by atoms with Crippen LogP contribution in [0.2, 0.25) is 18.1 Å². The van der Waals surface area contributed by atoms with E-state index in [1.54, 1.807) is 0 Å². The van der Waals surface area contributed by atoms with Gasteiger partial charge in [-0.2, -0.15) is 0 Å². The molecule has 0 saturated heterocycles. The lowest BCUT2D eigenvalue weighted by atomic mass is 10.7. The van der Waals surface area contributed by atoms with Gasteiger partial charge in [0.05, 0.1) is 14.7 Å². The van der Waals surface area contributed by atoms with Crippen molar-refractivity contribution >= 4 is 14.0 Å². The first-order valence-electron chi connectivity index (χ1n) is 4.93. The average molecular weight is 200 g/mol. The van der Waals surface area contributed by atoms with E-state index in [4.69, 9.17) is 4.74 Å². The Balaban J connectivity index is 4.24. The lowest BCUT2D eigenvalue weighted by molar-refractivity contribution is -0.140. The van der Waals surface area contributed by atoms with Gasteiger partial charge < -0.3 is 4.74 Å². The summed E-state index contributed by atoms with van der Waals surface area (Å²) in [5.41, 5.74) is 2.02. The lowest BCUT2D eigenvalue weighted by Crippen LogP contribution is -2.33. The highest BCUT2D eigenvalue weighted by Crippen LogP contribution is 2.21. The third kappa shape index (κ3) is 3.76. The highest BCUT2D eigenvalue weighted by Gasteiger charge is 2.28. The summed E-state index contributed by atoms with van der Waals surface area (Å²) in [6, 6.07) is 2.75. The van der Waals surface area contributed by atoms with Crippen molar-refractivity contribution in [3.63, 3.8) is 0 Å². The van der Waals surface area contributed by atoms with Gasteiger partial charge in [-0.05, 0) is 6.92 Å². The number of ether oxygens (including phenoxy) is 1. The van der Waals surface area contributed by atoms with Gasteiger partial charge in [0.15, 0.2) is 0 Å². The Hall–Kier alpha value is -0.573. The van der Waals surface area contributed by atoms with Gasteiger partial charge in [0, 0.05) is 6.04 Å². The first kappa shape index (κ1) is 12.4. The SMILES string of the molecule is C=C[Si](CC)(CC)CC(=O)OCC. The molecule has 0 amide bonds. The Morgan fingerprint density at radius 2 is 1.92 bits per heavy atom. The van der Waals surface area contributed by atoms with Crippen LogP contribution in [-0.4, -0.2) is 20.7 Å². The molecule has 0 heterocycles. The van der Waals surface area contributed by atoms with Crippen LogP contribution in [0.3, 0.4) is 0 Å². The van der Waals surface area contributed by atoms with E-state index in [0.717, 1.165) is 12.1 Å². The minimum atomic E-state index is -1.53. The van der Waals surface area contributed by atoms with E-state index in [2.05, 4.69) is 20.4 Å². The van der Waals surface area contributed by atoms with Crippen LogP contribution < -0.4 is 0 Å². The number of hydrogen-bond donors (Lipinski definition) is 0. The summed E-state index contributed by atoms with van der Waals surface area (Å²) in [5.74, 6) is -0.0576. The van der Waals surface area contributed by atoms with Crippen molar-refractivity contribution in [3.05, 3.63) is 12.3 Å². The summed E-state index contributed by atoms with van der Waals surface area (Å²) in [6.45, 7) is 10.4. The molecule has 0 aliphatic rings. The van der Waals surface area contributed by atoms with E-state index in [1.165, 1.54) is 0 Å². The monoisotopic (exact) mass is 200 g/mol. The van der Waals surface area contributed by atoms with E-state index in [9.17, 15) is 4.79 Å². The van der Waals surface area contributed by atoms with Crippen LogP contribution in [0.1, 0.15) is 20.8 Å². The topological polar surface area (TPSA) is 26.3 Å². The Morgan fingerprint density at radius 3 is 2.23 bits per heavy atom. The van der Waals surface area contributed by atoms with Crippen molar-refractivity contribution < 1.29 is 9.53 Å². The fraction of sp³-hybridized carbons (Fsp3) is 0.700. The van der Waals surface area contributed by atoms with Crippen LogP contribution in [0.25, 0.3) is 0 Å². The molecule has 0 fully saturated rings. The standard InChI is InChI=1S/C10H20O2Si/c1-5-12-10(11)9-13(6-2,7-3)8-4/h6H,2,5,7-9H2,1,3-4H3. The van der Waals surface area contributed by atoms with Gasteiger partial charge in [-0.1, -0.05) is 25.9 Å². The van der Waals surface area contributed by atoms with Crippen LogP contribution in [0.15, 0.2) is 12.3 Å². The maximum Gasteiger partial charge on any atom is 0.303 e. The molecular weight excluding hydrogens is 180 g/mol. The lowest BCUT2D eigenvalue weighted by Gasteiger charge is -2.23. The van der Waals surface area contributed by atoms with Gasteiger partial charge in [-0.15, -0.1) is 12.3 Å². The second-order valence-corrected chi connectivity index (χ2v) is 8.16. The van der Waals surface area contributed by atoms with Crippen LogP contribution in [0.4, 0.5) is 0 Å². The van der Waals surface area contributed by atoms with Crippen LogP contribution >= 0.6 is 0 Å². The molecule has 0 radical (unpaired) electrons. The van der Waals surface area contributed by atoms with Gasteiger partial charge in [-0.25, -0.2) is 0 Å². The predicted octanol–water partition coefficient (Wildman–Crippen LogP) is 2.76. The van der Waals surface area contributed by atoms with Gasteiger partial charge >= 0.3 is 5.97 Å². The van der Waals surface area contributed by atoms with E-state index in [0.29, 0.717) is 12.7 Å². The average Bonchev–Trinajstić information content (AvgIpc) is 2.15. The van der Waals surface area contributed by atoms with Gasteiger partial charge in [0.2, 0.25) is 0 Å². The molecule has 0 aromatic heterocycles. The molecular formula is C10H20O2Si. The van der Waals surface area contributed by atoms with Crippen molar-refractivity contribution in [3.8, 4) is 0 Å². The minimum absolute atomic E-state index is 0.0576. The van der Waals surface area contributed by atoms with Gasteiger partial charge in [-0.3, -0.25) is 4.79 Å². The molecule has 0 spiro atoms. The summed E-state index contributed by atoms with van der Waals surface area (Å²) in [6.07, 6.45) is 0. The molecule has 0 rings (SSSR count). The van der Waals surface area contributed by atoms with E-state index in [-0.39, 0.29) is 5.97 Å². The molecule has 0 aliphatic carbocycles. The fourth-order valence-corrected chi connectivity index (χ4v) is 3.76. The van der Waals surface area contributed by atoms with Crippen molar-refractivity contribution in [2.24, 2.45) is 0 Å². The quantitative estimate of drug-likeness (QED) is 0.487. The highest BCUT2D eigenvalue weighted by atomic mass is 28.3. The summed E-state index contributed by atoms with van der Waals surface area (Å²) in [5, 5.41) is 0. The van der Waals surface area contributed by atoms with Crippen molar-refractivity contribution in [1.29, 1.82) is 0 Å². The first-order valence-corrected chi connectivity index (χ1v) is 7.63. The fourth-order valence-electron chi connectivity index (χ4n) is 1.36. The predicted molar refractivity (Wildman–Crippen MR) is 58.4 cm³/mol. The molecule has 76 valence electrons. The zero-order chi connectivity index (χ0) is 10.3. The molecule has 3 heteroatoms. The van der Waals surface area contributed by atoms with Crippen LogP contribution in [0.5, 0.6) is 0 Å². The zero-order valence-electron chi connectivity index (χ0n) is 8.93. The van der Waals surface area contributed by atoms with Crippen LogP contribution in [-0.2, 0) is 9.53 Å². The highest BCUT2D eigenvalue weighted by molar-refractivity contribution is 6.86. The maximum absolute atomic E-state index is 11.3. The van der Waals surface area contributed by atoms with Crippen molar-refractivity contribution in [1.82, 2.24) is 0 Å². The first-order chi connectivity index (χ1) is 6.14. The van der Waals surface area contributed by atoms with Crippen molar-refractivity contribution in [2.75, 3.05) is 6.61 Å². The Bertz CT molecular complexity index is 174. The van der Waals surface area contributed by atoms with Gasteiger partial charge in [0.1, 0.15) is 0 Å². The number of carbonyl (C=O) groups excluding carboxylic acids is 1. The largest absolute Gasteiger partial charge is 0.466 e. The molecule has 0 atom stereocenters. The molecule has 13 heavy (non-hydrogen) atoms. The van der Waals surface area contributed by atoms with Crippen LogP contribution in [0, 0.1) is 0 Å². The third-order valence-electron chi connectivity index (χ3n) is 2.64. The summed E-state index contributed by atoms with van der Waals surface area (Å²) < 4.78 is 4.95. The van der Waals surface area contributed by atoms with E-state index >= 15 is 0 Å². The Morgan fingerprint density at radius 1 is 1.38 bits per heavy atom. The number of esters is 1. The van der Waals surface area contributed by atoms with E-state index < -0.39 is 8.07 Å². The summed E-state index contributed by atoms with van der Waals surface area (Å²) in [4.78, 5) is 11.3. The second-order valence-electron chi connectivity index (χ2n) is 3.26. The Labute approximate surface area is 82.0 Å². The smallest absolute Gasteiger partial charge is 0.303 e. The van der Waals surface area contributed by atoms with Gasteiger partial charge in [0.25, 0.3) is 0 Å². The number of hydrogen-bond acceptors (Lipinski definition) is 2. The summed E-state index contributed by atoms with van der Waals surface area (Å²) >= 11 is 0. The number of rotatable bonds is 6. The van der Waals surface area contributed by atoms with Crippen molar-refractivity contribution in [2.45, 2.75) is 38.9 Å². The number of carbonyl (C=O) groups is 1. The molecule has 2 nitrogen and oxygen atoms in total. The maximum atomic E-state index is 11.3. The van der Waals surface area contributed by atoms with E-state index in [1.807, 2.05) is 12.6 Å². The molecule has 0 bridgehead atoms. The zero-order valence-corrected chi connectivity index (χ0v) is 9.93. The summed E-state index contributed by atoms with van der Waals surface area (Å²) in [7, 11) is -1.53. The molecule has 0 N–H and O–H groups in total.